The quantitative estimate of drug-likeness (QED) is 0.819. The number of rotatable bonds is 3. The molecule has 0 spiro atoms. The highest BCUT2D eigenvalue weighted by atomic mass is 16.4. The number of amides is 1. The number of nitrogens with one attached hydrogen (secondary N) is 1. The summed E-state index contributed by atoms with van der Waals surface area (Å²) in [5.41, 5.74) is 0.510. The monoisotopic (exact) mass is 234 g/mol. The lowest BCUT2D eigenvalue weighted by Gasteiger charge is -2.17. The topological polar surface area (TPSA) is 79.3 Å². The van der Waals surface area contributed by atoms with E-state index in [1.165, 1.54) is 12.4 Å². The maximum atomic E-state index is 11.8. The summed E-state index contributed by atoms with van der Waals surface area (Å²) in [5, 5.41) is 11.8. The second-order valence-corrected chi connectivity index (χ2v) is 4.19. The van der Waals surface area contributed by atoms with Crippen LogP contribution in [0.1, 0.15) is 29.6 Å². The van der Waals surface area contributed by atoms with Crippen molar-refractivity contribution < 1.29 is 14.7 Å². The van der Waals surface area contributed by atoms with Crippen LogP contribution in [0.25, 0.3) is 0 Å². The summed E-state index contributed by atoms with van der Waals surface area (Å²) < 4.78 is 0. The number of aromatic nitrogens is 1. The maximum Gasteiger partial charge on any atom is 0.308 e. The van der Waals surface area contributed by atoms with E-state index in [-0.39, 0.29) is 11.9 Å². The molecule has 2 rings (SSSR count). The van der Waals surface area contributed by atoms with E-state index < -0.39 is 11.9 Å². The lowest BCUT2D eigenvalue weighted by atomic mass is 10.0. The fraction of sp³-hybridized carbons (Fsp3) is 0.417. The molecule has 1 aromatic heterocycles. The van der Waals surface area contributed by atoms with Gasteiger partial charge in [0.15, 0.2) is 0 Å². The Kier molecular flexibility index (Phi) is 3.37. The van der Waals surface area contributed by atoms with Crippen LogP contribution < -0.4 is 5.32 Å². The van der Waals surface area contributed by atoms with Gasteiger partial charge in [0.25, 0.3) is 5.91 Å². The SMILES string of the molecule is O=C(N[C@H]1CCC[C@H]1C(=O)O)c1ccncc1. The first-order valence-corrected chi connectivity index (χ1v) is 5.62. The van der Waals surface area contributed by atoms with Gasteiger partial charge in [-0.25, -0.2) is 0 Å². The smallest absolute Gasteiger partial charge is 0.308 e. The Hall–Kier alpha value is -1.91. The second kappa shape index (κ2) is 4.95. The van der Waals surface area contributed by atoms with E-state index >= 15 is 0 Å². The van der Waals surface area contributed by atoms with E-state index in [1.807, 2.05) is 0 Å². The van der Waals surface area contributed by atoms with Gasteiger partial charge in [0.1, 0.15) is 0 Å². The molecule has 0 bridgehead atoms. The number of aliphatic carboxylic acids is 1. The second-order valence-electron chi connectivity index (χ2n) is 4.19. The molecule has 0 unspecified atom stereocenters. The van der Waals surface area contributed by atoms with Gasteiger partial charge in [0, 0.05) is 24.0 Å². The van der Waals surface area contributed by atoms with Gasteiger partial charge < -0.3 is 10.4 Å². The molecular weight excluding hydrogens is 220 g/mol. The molecule has 1 fully saturated rings. The number of carboxylic acids is 1. The van der Waals surface area contributed by atoms with E-state index in [1.54, 1.807) is 12.1 Å². The maximum absolute atomic E-state index is 11.8. The lowest BCUT2D eigenvalue weighted by molar-refractivity contribution is -0.142. The fourth-order valence-electron chi connectivity index (χ4n) is 2.18. The highest BCUT2D eigenvalue weighted by Crippen LogP contribution is 2.26. The molecule has 17 heavy (non-hydrogen) atoms. The van der Waals surface area contributed by atoms with E-state index in [9.17, 15) is 9.59 Å². The standard InChI is InChI=1S/C12H14N2O3/c15-11(8-4-6-13-7-5-8)14-10-3-1-2-9(10)12(16)17/h4-7,9-10H,1-3H2,(H,14,15)(H,16,17)/t9-,10+/m1/s1. The molecule has 0 saturated heterocycles. The third kappa shape index (κ3) is 2.61. The van der Waals surface area contributed by atoms with Crippen molar-refractivity contribution in [3.8, 4) is 0 Å². The summed E-state index contributed by atoms with van der Waals surface area (Å²) >= 11 is 0. The molecule has 0 aliphatic heterocycles. The van der Waals surface area contributed by atoms with Gasteiger partial charge in [0.2, 0.25) is 0 Å². The Morgan fingerprint density at radius 3 is 2.65 bits per heavy atom. The molecule has 1 aliphatic rings. The summed E-state index contributed by atoms with van der Waals surface area (Å²) in [6.07, 6.45) is 5.29. The zero-order valence-electron chi connectivity index (χ0n) is 9.30. The van der Waals surface area contributed by atoms with E-state index in [0.29, 0.717) is 12.0 Å². The highest BCUT2D eigenvalue weighted by Gasteiger charge is 2.33. The van der Waals surface area contributed by atoms with Crippen molar-refractivity contribution in [3.05, 3.63) is 30.1 Å². The molecule has 0 aromatic carbocycles. The average molecular weight is 234 g/mol. The Balaban J connectivity index is 2.02. The molecule has 5 heteroatoms. The molecule has 1 saturated carbocycles. The first kappa shape index (κ1) is 11.6. The van der Waals surface area contributed by atoms with Gasteiger partial charge in [-0.05, 0) is 25.0 Å². The molecule has 2 N–H and O–H groups in total. The summed E-state index contributed by atoms with van der Waals surface area (Å²) in [6.45, 7) is 0. The molecule has 1 heterocycles. The van der Waals surface area contributed by atoms with Crippen molar-refractivity contribution in [1.82, 2.24) is 10.3 Å². The summed E-state index contributed by atoms with van der Waals surface area (Å²) in [6, 6.07) is 2.97. The molecule has 1 amide bonds. The van der Waals surface area contributed by atoms with Crippen molar-refractivity contribution >= 4 is 11.9 Å². The number of carboxylic acid groups (broad SMARTS) is 1. The lowest BCUT2D eigenvalue weighted by Crippen LogP contribution is -2.40. The predicted octanol–water partition coefficient (Wildman–Crippen LogP) is 1.06. The largest absolute Gasteiger partial charge is 0.481 e. The molecule has 1 aromatic rings. The van der Waals surface area contributed by atoms with Crippen LogP contribution in [0, 0.1) is 5.92 Å². The Labute approximate surface area is 98.9 Å². The van der Waals surface area contributed by atoms with E-state index in [4.69, 9.17) is 5.11 Å². The molecule has 0 radical (unpaired) electrons. The normalized spacial score (nSPS) is 23.3. The number of pyridine rings is 1. The van der Waals surface area contributed by atoms with Crippen LogP contribution >= 0.6 is 0 Å². The van der Waals surface area contributed by atoms with Crippen LogP contribution in [-0.4, -0.2) is 28.0 Å². The van der Waals surface area contributed by atoms with Gasteiger partial charge in [-0.3, -0.25) is 14.6 Å². The van der Waals surface area contributed by atoms with Crippen LogP contribution in [0.3, 0.4) is 0 Å². The molecule has 2 atom stereocenters. The van der Waals surface area contributed by atoms with Crippen LogP contribution in [0.4, 0.5) is 0 Å². The van der Waals surface area contributed by atoms with Crippen molar-refractivity contribution in [2.45, 2.75) is 25.3 Å². The minimum absolute atomic E-state index is 0.231. The third-order valence-corrected chi connectivity index (χ3v) is 3.09. The van der Waals surface area contributed by atoms with Crippen LogP contribution in [0.15, 0.2) is 24.5 Å². The first-order chi connectivity index (χ1) is 8.18. The average Bonchev–Trinajstić information content (AvgIpc) is 2.78. The third-order valence-electron chi connectivity index (χ3n) is 3.09. The molecule has 90 valence electrons. The van der Waals surface area contributed by atoms with Gasteiger partial charge in [0.05, 0.1) is 5.92 Å². The number of nitrogens with zero attached hydrogens (tertiary/aromatic N) is 1. The van der Waals surface area contributed by atoms with Gasteiger partial charge in [-0.1, -0.05) is 6.42 Å². The Morgan fingerprint density at radius 2 is 2.00 bits per heavy atom. The van der Waals surface area contributed by atoms with Crippen molar-refractivity contribution in [2.24, 2.45) is 5.92 Å². The number of hydrogen-bond donors (Lipinski definition) is 2. The van der Waals surface area contributed by atoms with Gasteiger partial charge in [-0.15, -0.1) is 0 Å². The highest BCUT2D eigenvalue weighted by molar-refractivity contribution is 5.94. The summed E-state index contributed by atoms with van der Waals surface area (Å²) in [5.74, 6) is -1.52. The number of carbonyl (C=O) groups excluding carboxylic acids is 1. The molecular formula is C12H14N2O3. The van der Waals surface area contributed by atoms with Gasteiger partial charge in [-0.2, -0.15) is 0 Å². The minimum Gasteiger partial charge on any atom is -0.481 e. The number of hydrogen-bond acceptors (Lipinski definition) is 3. The van der Waals surface area contributed by atoms with Crippen LogP contribution in [0.5, 0.6) is 0 Å². The molecule has 1 aliphatic carbocycles. The first-order valence-electron chi connectivity index (χ1n) is 5.62. The summed E-state index contributed by atoms with van der Waals surface area (Å²) in [7, 11) is 0. The fourth-order valence-corrected chi connectivity index (χ4v) is 2.18. The zero-order chi connectivity index (χ0) is 12.3. The van der Waals surface area contributed by atoms with E-state index in [2.05, 4.69) is 10.3 Å². The Morgan fingerprint density at radius 1 is 1.29 bits per heavy atom. The van der Waals surface area contributed by atoms with Crippen LogP contribution in [-0.2, 0) is 4.79 Å². The van der Waals surface area contributed by atoms with Crippen LogP contribution in [0.2, 0.25) is 0 Å². The van der Waals surface area contributed by atoms with Gasteiger partial charge >= 0.3 is 5.97 Å². The van der Waals surface area contributed by atoms with Crippen molar-refractivity contribution in [3.63, 3.8) is 0 Å². The predicted molar refractivity (Wildman–Crippen MR) is 60.5 cm³/mol. The zero-order valence-corrected chi connectivity index (χ0v) is 9.30. The van der Waals surface area contributed by atoms with Crippen molar-refractivity contribution in [1.29, 1.82) is 0 Å². The van der Waals surface area contributed by atoms with E-state index in [0.717, 1.165) is 12.8 Å². The Bertz CT molecular complexity index is 419. The summed E-state index contributed by atoms with van der Waals surface area (Å²) in [4.78, 5) is 26.6. The minimum atomic E-state index is -0.831. The molecule has 5 nitrogen and oxygen atoms in total. The van der Waals surface area contributed by atoms with Crippen molar-refractivity contribution in [2.75, 3.05) is 0 Å². The number of carbonyl (C=O) groups is 2.